The lowest BCUT2D eigenvalue weighted by Crippen LogP contribution is -1.97. The maximum absolute atomic E-state index is 10.7. The van der Waals surface area contributed by atoms with Crippen LogP contribution in [-0.4, -0.2) is 19.7 Å². The average molecular weight is 243 g/mol. The first-order chi connectivity index (χ1) is 8.70. The second kappa shape index (κ2) is 5.05. The maximum Gasteiger partial charge on any atom is 0.270 e. The summed E-state index contributed by atoms with van der Waals surface area (Å²) in [4.78, 5) is 14.3. The Labute approximate surface area is 102 Å². The van der Waals surface area contributed by atoms with Crippen molar-refractivity contribution in [1.82, 2.24) is 14.8 Å². The lowest BCUT2D eigenvalue weighted by atomic mass is 10.2. The van der Waals surface area contributed by atoms with Crippen molar-refractivity contribution in [2.75, 3.05) is 0 Å². The van der Waals surface area contributed by atoms with Crippen molar-refractivity contribution in [1.29, 1.82) is 5.26 Å². The van der Waals surface area contributed by atoms with E-state index in [9.17, 15) is 10.1 Å². The second-order valence-electron chi connectivity index (χ2n) is 3.55. The lowest BCUT2D eigenvalue weighted by molar-refractivity contribution is -0.384. The van der Waals surface area contributed by atoms with Crippen molar-refractivity contribution in [3.8, 4) is 17.5 Å². The van der Waals surface area contributed by atoms with E-state index in [-0.39, 0.29) is 5.69 Å². The SMILES string of the molecule is N#CCCn1cnc(-c2cccc([N+](=O)[O-])c2)n1. The third kappa shape index (κ3) is 2.49. The van der Waals surface area contributed by atoms with Crippen LogP contribution in [0.5, 0.6) is 0 Å². The number of hydrogen-bond acceptors (Lipinski definition) is 5. The summed E-state index contributed by atoms with van der Waals surface area (Å²) in [6, 6.07) is 8.14. The summed E-state index contributed by atoms with van der Waals surface area (Å²) < 4.78 is 1.54. The zero-order valence-electron chi connectivity index (χ0n) is 9.35. The molecule has 0 N–H and O–H groups in total. The number of aromatic nitrogens is 3. The van der Waals surface area contributed by atoms with Crippen LogP contribution >= 0.6 is 0 Å². The molecule has 0 atom stereocenters. The Kier molecular flexibility index (Phi) is 3.29. The summed E-state index contributed by atoms with van der Waals surface area (Å²) in [5, 5.41) is 23.3. The first kappa shape index (κ1) is 11.7. The molecule has 0 spiro atoms. The molecule has 0 saturated heterocycles. The van der Waals surface area contributed by atoms with E-state index in [4.69, 9.17) is 5.26 Å². The average Bonchev–Trinajstić information content (AvgIpc) is 2.85. The number of hydrogen-bond donors (Lipinski definition) is 0. The molecule has 7 heteroatoms. The molecule has 0 aliphatic heterocycles. The normalized spacial score (nSPS) is 9.94. The Bertz CT molecular complexity index is 614. The summed E-state index contributed by atoms with van der Waals surface area (Å²) in [5.74, 6) is 0.414. The summed E-state index contributed by atoms with van der Waals surface area (Å²) >= 11 is 0. The number of nitro groups is 1. The van der Waals surface area contributed by atoms with Gasteiger partial charge in [0.2, 0.25) is 0 Å². The Morgan fingerprint density at radius 3 is 3.06 bits per heavy atom. The van der Waals surface area contributed by atoms with Crippen molar-refractivity contribution < 1.29 is 4.92 Å². The first-order valence-corrected chi connectivity index (χ1v) is 5.22. The van der Waals surface area contributed by atoms with Crippen molar-refractivity contribution in [3.05, 3.63) is 40.7 Å². The van der Waals surface area contributed by atoms with Crippen LogP contribution in [0.25, 0.3) is 11.4 Å². The van der Waals surface area contributed by atoms with Gasteiger partial charge >= 0.3 is 0 Å². The minimum absolute atomic E-state index is 0.000810. The third-order valence-electron chi connectivity index (χ3n) is 2.30. The van der Waals surface area contributed by atoms with Crippen LogP contribution in [0.2, 0.25) is 0 Å². The molecule has 0 aliphatic rings. The fourth-order valence-electron chi connectivity index (χ4n) is 1.46. The predicted octanol–water partition coefficient (Wildman–Crippen LogP) is 1.77. The number of non-ortho nitro benzene ring substituents is 1. The highest BCUT2D eigenvalue weighted by Crippen LogP contribution is 2.20. The highest BCUT2D eigenvalue weighted by atomic mass is 16.6. The van der Waals surface area contributed by atoms with Crippen LogP contribution in [0.1, 0.15) is 6.42 Å². The monoisotopic (exact) mass is 243 g/mol. The second-order valence-corrected chi connectivity index (χ2v) is 3.55. The van der Waals surface area contributed by atoms with Crippen molar-refractivity contribution in [2.45, 2.75) is 13.0 Å². The third-order valence-corrected chi connectivity index (χ3v) is 2.30. The topological polar surface area (TPSA) is 97.6 Å². The molecular weight excluding hydrogens is 234 g/mol. The standard InChI is InChI=1S/C11H9N5O2/c12-5-2-6-15-8-13-11(14-15)9-3-1-4-10(7-9)16(17)18/h1,3-4,7-8H,2,6H2. The zero-order chi connectivity index (χ0) is 13.0. The van der Waals surface area contributed by atoms with Gasteiger partial charge in [0, 0.05) is 17.7 Å². The zero-order valence-corrected chi connectivity index (χ0v) is 9.35. The number of nitriles is 1. The molecule has 90 valence electrons. The Hall–Kier alpha value is -2.75. The number of rotatable bonds is 4. The molecule has 1 aromatic carbocycles. The van der Waals surface area contributed by atoms with Crippen molar-refractivity contribution in [2.24, 2.45) is 0 Å². The van der Waals surface area contributed by atoms with Gasteiger partial charge in [-0.2, -0.15) is 10.4 Å². The Morgan fingerprint density at radius 1 is 1.50 bits per heavy atom. The van der Waals surface area contributed by atoms with Gasteiger partial charge < -0.3 is 0 Å². The van der Waals surface area contributed by atoms with Gasteiger partial charge in [-0.15, -0.1) is 0 Å². The van der Waals surface area contributed by atoms with E-state index in [1.807, 2.05) is 6.07 Å². The van der Waals surface area contributed by atoms with E-state index < -0.39 is 4.92 Å². The Balaban J connectivity index is 2.26. The fourth-order valence-corrected chi connectivity index (χ4v) is 1.46. The van der Waals surface area contributed by atoms with Crippen LogP contribution < -0.4 is 0 Å². The molecule has 0 radical (unpaired) electrons. The van der Waals surface area contributed by atoms with Crippen LogP contribution in [0, 0.1) is 21.4 Å². The lowest BCUT2D eigenvalue weighted by Gasteiger charge is -1.96. The van der Waals surface area contributed by atoms with Crippen LogP contribution in [0.4, 0.5) is 5.69 Å². The fraction of sp³-hybridized carbons (Fsp3) is 0.182. The van der Waals surface area contributed by atoms with Gasteiger partial charge in [-0.05, 0) is 0 Å². The van der Waals surface area contributed by atoms with E-state index in [2.05, 4.69) is 10.1 Å². The van der Waals surface area contributed by atoms with Crippen LogP contribution in [0.3, 0.4) is 0 Å². The molecule has 2 aromatic rings. The van der Waals surface area contributed by atoms with Gasteiger partial charge in [0.05, 0.1) is 24.0 Å². The maximum atomic E-state index is 10.7. The molecule has 0 aliphatic carbocycles. The van der Waals surface area contributed by atoms with E-state index in [1.165, 1.54) is 23.1 Å². The van der Waals surface area contributed by atoms with Crippen LogP contribution in [-0.2, 0) is 6.54 Å². The predicted molar refractivity (Wildman–Crippen MR) is 62.3 cm³/mol. The molecule has 18 heavy (non-hydrogen) atoms. The molecule has 1 heterocycles. The summed E-state index contributed by atoms with van der Waals surface area (Å²) in [6.45, 7) is 0.457. The van der Waals surface area contributed by atoms with Crippen molar-refractivity contribution in [3.63, 3.8) is 0 Å². The molecule has 2 rings (SSSR count). The highest BCUT2D eigenvalue weighted by molar-refractivity contribution is 5.58. The summed E-state index contributed by atoms with van der Waals surface area (Å²) in [6.07, 6.45) is 1.85. The van der Waals surface area contributed by atoms with E-state index in [0.29, 0.717) is 24.4 Å². The quantitative estimate of drug-likeness (QED) is 0.602. The molecule has 0 unspecified atom stereocenters. The number of benzene rings is 1. The van der Waals surface area contributed by atoms with E-state index >= 15 is 0 Å². The highest BCUT2D eigenvalue weighted by Gasteiger charge is 2.10. The molecule has 0 amide bonds. The van der Waals surface area contributed by atoms with Gasteiger partial charge in [-0.25, -0.2) is 4.98 Å². The van der Waals surface area contributed by atoms with Gasteiger partial charge in [0.25, 0.3) is 5.69 Å². The Morgan fingerprint density at radius 2 is 2.33 bits per heavy atom. The largest absolute Gasteiger partial charge is 0.270 e. The van der Waals surface area contributed by atoms with Crippen molar-refractivity contribution >= 4 is 5.69 Å². The molecule has 7 nitrogen and oxygen atoms in total. The molecule has 0 fully saturated rings. The number of aryl methyl sites for hydroxylation is 1. The van der Waals surface area contributed by atoms with Gasteiger partial charge in [-0.3, -0.25) is 14.8 Å². The molecule has 1 aromatic heterocycles. The minimum Gasteiger partial charge on any atom is -0.258 e. The smallest absolute Gasteiger partial charge is 0.258 e. The molecular formula is C11H9N5O2. The van der Waals surface area contributed by atoms with Gasteiger partial charge in [0.15, 0.2) is 5.82 Å². The first-order valence-electron chi connectivity index (χ1n) is 5.22. The number of nitro benzene ring substituents is 1. The summed E-state index contributed by atoms with van der Waals surface area (Å²) in [7, 11) is 0. The van der Waals surface area contributed by atoms with Gasteiger partial charge in [0.1, 0.15) is 6.33 Å². The van der Waals surface area contributed by atoms with Gasteiger partial charge in [-0.1, -0.05) is 12.1 Å². The van der Waals surface area contributed by atoms with E-state index in [0.717, 1.165) is 0 Å². The molecule has 0 saturated carbocycles. The number of nitrogens with zero attached hydrogens (tertiary/aromatic N) is 5. The van der Waals surface area contributed by atoms with Crippen LogP contribution in [0.15, 0.2) is 30.6 Å². The minimum atomic E-state index is -0.462. The summed E-state index contributed by atoms with van der Waals surface area (Å²) in [5.41, 5.74) is 0.584. The van der Waals surface area contributed by atoms with E-state index in [1.54, 1.807) is 12.1 Å². The molecule has 0 bridgehead atoms.